The average Bonchev–Trinajstić information content (AvgIpc) is 3.05. The molecule has 0 N–H and O–H groups in total. The van der Waals surface area contributed by atoms with Crippen molar-refractivity contribution in [3.8, 4) is 5.75 Å². The molecule has 4 rings (SSSR count). The van der Waals surface area contributed by atoms with Gasteiger partial charge in [0.2, 0.25) is 0 Å². The van der Waals surface area contributed by atoms with Gasteiger partial charge in [-0.1, -0.05) is 18.2 Å². The van der Waals surface area contributed by atoms with E-state index in [0.29, 0.717) is 13.2 Å². The minimum atomic E-state index is -0.0816. The molecule has 0 unspecified atom stereocenters. The topological polar surface area (TPSA) is 51.7 Å². The smallest absolute Gasteiger partial charge is 0.254 e. The summed E-state index contributed by atoms with van der Waals surface area (Å²) < 4.78 is 12.1. The summed E-state index contributed by atoms with van der Waals surface area (Å²) in [6, 6.07) is 11.6. The van der Waals surface area contributed by atoms with Crippen LogP contribution in [-0.2, 0) is 4.74 Å². The largest absolute Gasteiger partial charge is 0.486 e. The third-order valence-electron chi connectivity index (χ3n) is 5.09. The zero-order valence-electron chi connectivity index (χ0n) is 14.3. The summed E-state index contributed by atoms with van der Waals surface area (Å²) in [5.74, 6) is 0.845. The van der Waals surface area contributed by atoms with Gasteiger partial charge in [0, 0.05) is 18.3 Å². The monoisotopic (exact) mass is 338 g/mol. The van der Waals surface area contributed by atoms with Crippen molar-refractivity contribution in [3.05, 3.63) is 59.9 Å². The number of aryl methyl sites for hydroxylation is 1. The van der Waals surface area contributed by atoms with Gasteiger partial charge in [-0.05, 0) is 43.5 Å². The van der Waals surface area contributed by atoms with Crippen LogP contribution in [0, 0.1) is 6.92 Å². The molecule has 1 aromatic heterocycles. The van der Waals surface area contributed by atoms with Crippen LogP contribution in [0.15, 0.2) is 48.8 Å². The quantitative estimate of drug-likeness (QED) is 0.863. The highest BCUT2D eigenvalue weighted by Crippen LogP contribution is 2.33. The van der Waals surface area contributed by atoms with Crippen molar-refractivity contribution < 1.29 is 14.3 Å². The Morgan fingerprint density at radius 3 is 2.92 bits per heavy atom. The number of nitrogens with zero attached hydrogens (tertiary/aromatic N) is 2. The lowest BCUT2D eigenvalue weighted by Gasteiger charge is -2.39. The minimum absolute atomic E-state index is 0.0401. The van der Waals surface area contributed by atoms with E-state index in [1.165, 1.54) is 0 Å². The lowest BCUT2D eigenvalue weighted by Crippen LogP contribution is -2.54. The number of morpholine rings is 1. The third-order valence-corrected chi connectivity index (χ3v) is 5.09. The Hall–Kier alpha value is -2.40. The second kappa shape index (κ2) is 6.84. The first-order chi connectivity index (χ1) is 12.2. The fourth-order valence-corrected chi connectivity index (χ4v) is 3.85. The van der Waals surface area contributed by atoms with Gasteiger partial charge in [0.25, 0.3) is 5.91 Å². The number of rotatable bonds is 3. The molecule has 1 aliphatic heterocycles. The SMILES string of the molecule is Cc1ccccc1C(=O)N1CCO[C@H]2[C@H](Oc3cccnc3)CC[C@@H]21. The van der Waals surface area contributed by atoms with Crippen LogP contribution in [0.4, 0.5) is 0 Å². The molecule has 1 saturated carbocycles. The van der Waals surface area contributed by atoms with Crippen LogP contribution in [-0.4, -0.2) is 47.2 Å². The number of hydrogen-bond donors (Lipinski definition) is 0. The van der Waals surface area contributed by atoms with Crippen molar-refractivity contribution in [3.63, 3.8) is 0 Å². The number of pyridine rings is 1. The van der Waals surface area contributed by atoms with E-state index in [0.717, 1.165) is 29.7 Å². The molecule has 5 heteroatoms. The molecule has 1 aromatic carbocycles. The maximum atomic E-state index is 13.0. The lowest BCUT2D eigenvalue weighted by molar-refractivity contribution is -0.0786. The molecule has 2 heterocycles. The second-order valence-electron chi connectivity index (χ2n) is 6.64. The Bertz CT molecular complexity index is 750. The van der Waals surface area contributed by atoms with Gasteiger partial charge in [-0.3, -0.25) is 9.78 Å². The molecule has 1 aliphatic carbocycles. The molecule has 2 aliphatic rings. The molecular formula is C20H22N2O3. The molecule has 0 spiro atoms. The highest BCUT2D eigenvalue weighted by molar-refractivity contribution is 5.96. The first-order valence-electron chi connectivity index (χ1n) is 8.79. The first kappa shape index (κ1) is 16.1. The highest BCUT2D eigenvalue weighted by Gasteiger charge is 2.45. The summed E-state index contributed by atoms with van der Waals surface area (Å²) in [5.41, 5.74) is 1.79. The Labute approximate surface area is 147 Å². The molecule has 0 bridgehead atoms. The van der Waals surface area contributed by atoms with Gasteiger partial charge in [0.1, 0.15) is 18.0 Å². The molecule has 2 aromatic rings. The van der Waals surface area contributed by atoms with Gasteiger partial charge < -0.3 is 14.4 Å². The van der Waals surface area contributed by atoms with Crippen molar-refractivity contribution in [2.75, 3.05) is 13.2 Å². The van der Waals surface area contributed by atoms with Crippen LogP contribution in [0.3, 0.4) is 0 Å². The van der Waals surface area contributed by atoms with Crippen molar-refractivity contribution in [2.24, 2.45) is 0 Å². The highest BCUT2D eigenvalue weighted by atomic mass is 16.5. The average molecular weight is 338 g/mol. The number of fused-ring (bicyclic) bond motifs is 1. The van der Waals surface area contributed by atoms with Crippen LogP contribution in [0.25, 0.3) is 0 Å². The van der Waals surface area contributed by atoms with Gasteiger partial charge in [0.15, 0.2) is 0 Å². The number of amides is 1. The molecule has 1 saturated heterocycles. The van der Waals surface area contributed by atoms with Crippen molar-refractivity contribution in [1.29, 1.82) is 0 Å². The summed E-state index contributed by atoms with van der Waals surface area (Å²) in [7, 11) is 0. The Balaban J connectivity index is 1.51. The Morgan fingerprint density at radius 1 is 1.24 bits per heavy atom. The zero-order chi connectivity index (χ0) is 17.2. The van der Waals surface area contributed by atoms with E-state index in [9.17, 15) is 4.79 Å². The molecule has 5 nitrogen and oxygen atoms in total. The van der Waals surface area contributed by atoms with Gasteiger partial charge in [-0.15, -0.1) is 0 Å². The molecule has 3 atom stereocenters. The summed E-state index contributed by atoms with van der Waals surface area (Å²) in [4.78, 5) is 19.1. The molecular weight excluding hydrogens is 316 g/mol. The van der Waals surface area contributed by atoms with Crippen LogP contribution < -0.4 is 4.74 Å². The van der Waals surface area contributed by atoms with E-state index >= 15 is 0 Å². The molecule has 0 radical (unpaired) electrons. The summed E-state index contributed by atoms with van der Waals surface area (Å²) in [6.45, 7) is 3.16. The zero-order valence-corrected chi connectivity index (χ0v) is 14.3. The fraction of sp³-hybridized carbons (Fsp3) is 0.400. The van der Waals surface area contributed by atoms with Crippen LogP contribution in [0.2, 0.25) is 0 Å². The molecule has 2 fully saturated rings. The van der Waals surface area contributed by atoms with Crippen LogP contribution in [0.5, 0.6) is 5.75 Å². The van der Waals surface area contributed by atoms with Crippen molar-refractivity contribution in [2.45, 2.75) is 38.0 Å². The fourth-order valence-electron chi connectivity index (χ4n) is 3.85. The predicted molar refractivity (Wildman–Crippen MR) is 93.6 cm³/mol. The summed E-state index contributed by atoms with van der Waals surface area (Å²) >= 11 is 0. The van der Waals surface area contributed by atoms with Crippen LogP contribution in [0.1, 0.15) is 28.8 Å². The molecule has 1 amide bonds. The summed E-state index contributed by atoms with van der Waals surface area (Å²) in [6.07, 6.45) is 5.09. The van der Waals surface area contributed by atoms with Gasteiger partial charge in [0.05, 0.1) is 18.8 Å². The van der Waals surface area contributed by atoms with E-state index in [1.807, 2.05) is 48.2 Å². The maximum Gasteiger partial charge on any atom is 0.254 e. The lowest BCUT2D eigenvalue weighted by atomic mass is 10.0. The van der Waals surface area contributed by atoms with E-state index in [1.54, 1.807) is 12.4 Å². The normalized spacial score (nSPS) is 25.5. The van der Waals surface area contributed by atoms with Crippen molar-refractivity contribution >= 4 is 5.91 Å². The van der Waals surface area contributed by atoms with E-state index in [2.05, 4.69) is 4.98 Å². The summed E-state index contributed by atoms with van der Waals surface area (Å²) in [5, 5.41) is 0. The number of ether oxygens (including phenoxy) is 2. The molecule has 25 heavy (non-hydrogen) atoms. The predicted octanol–water partition coefficient (Wildman–Crippen LogP) is 2.84. The van der Waals surface area contributed by atoms with Gasteiger partial charge >= 0.3 is 0 Å². The van der Waals surface area contributed by atoms with E-state index < -0.39 is 0 Å². The number of aromatic nitrogens is 1. The second-order valence-corrected chi connectivity index (χ2v) is 6.64. The number of carbonyl (C=O) groups is 1. The van der Waals surface area contributed by atoms with Gasteiger partial charge in [-0.2, -0.15) is 0 Å². The third kappa shape index (κ3) is 3.12. The Kier molecular flexibility index (Phi) is 4.40. The standard InChI is InChI=1S/C20H22N2O3/c1-14-5-2-3-7-16(14)20(23)22-11-12-24-19-17(22)8-9-18(19)25-15-6-4-10-21-13-15/h2-7,10,13,17-19H,8-9,11-12H2,1H3/t17-,18+,19+/m0/s1. The minimum Gasteiger partial charge on any atom is -0.486 e. The molecule has 130 valence electrons. The number of carbonyl (C=O) groups excluding carboxylic acids is 1. The number of benzene rings is 1. The Morgan fingerprint density at radius 2 is 2.12 bits per heavy atom. The van der Waals surface area contributed by atoms with Crippen LogP contribution >= 0.6 is 0 Å². The van der Waals surface area contributed by atoms with E-state index in [4.69, 9.17) is 9.47 Å². The van der Waals surface area contributed by atoms with Crippen molar-refractivity contribution in [1.82, 2.24) is 9.88 Å². The van der Waals surface area contributed by atoms with Gasteiger partial charge in [-0.25, -0.2) is 0 Å². The van der Waals surface area contributed by atoms with E-state index in [-0.39, 0.29) is 24.2 Å². The first-order valence-corrected chi connectivity index (χ1v) is 8.79. The number of hydrogen-bond acceptors (Lipinski definition) is 4. The maximum absolute atomic E-state index is 13.0.